The molecule has 7 nitrogen and oxygen atoms in total. The Bertz CT molecular complexity index is 494. The second kappa shape index (κ2) is 8.65. The van der Waals surface area contributed by atoms with E-state index in [0.717, 1.165) is 31.8 Å². The molecule has 22 heavy (non-hydrogen) atoms. The van der Waals surface area contributed by atoms with Crippen molar-refractivity contribution < 1.29 is 9.53 Å². The molecule has 1 aromatic rings. The second-order valence-corrected chi connectivity index (χ2v) is 5.46. The molecule has 0 atom stereocenters. The van der Waals surface area contributed by atoms with Crippen LogP contribution < -0.4 is 10.6 Å². The largest absolute Gasteiger partial charge is 0.377 e. The van der Waals surface area contributed by atoms with Gasteiger partial charge in [0.25, 0.3) is 0 Å². The lowest BCUT2D eigenvalue weighted by Gasteiger charge is -2.19. The van der Waals surface area contributed by atoms with Crippen LogP contribution in [0.15, 0.2) is 12.7 Å². The van der Waals surface area contributed by atoms with Crippen LogP contribution in [0.2, 0.25) is 0 Å². The molecule has 0 aromatic carbocycles. The molecule has 0 radical (unpaired) electrons. The molecule has 0 bridgehead atoms. The first kappa shape index (κ1) is 16.6. The lowest BCUT2D eigenvalue weighted by molar-refractivity contribution is -0.116. The van der Waals surface area contributed by atoms with E-state index in [0.29, 0.717) is 37.9 Å². The van der Waals surface area contributed by atoms with Gasteiger partial charge in [0.15, 0.2) is 5.82 Å². The summed E-state index contributed by atoms with van der Waals surface area (Å²) in [5.41, 5.74) is 0. The van der Waals surface area contributed by atoms with Crippen LogP contribution in [0.5, 0.6) is 0 Å². The number of piperidine rings is 1. The first-order chi connectivity index (χ1) is 10.7. The summed E-state index contributed by atoms with van der Waals surface area (Å²) in [5, 5.41) is 10.6. The van der Waals surface area contributed by atoms with Gasteiger partial charge in [0.1, 0.15) is 0 Å². The van der Waals surface area contributed by atoms with Crippen LogP contribution in [0.1, 0.15) is 37.4 Å². The number of hydrogen-bond acceptors (Lipinski definition) is 5. The number of hydrogen-bond donors (Lipinski definition) is 2. The van der Waals surface area contributed by atoms with Crippen molar-refractivity contribution in [3.63, 3.8) is 0 Å². The number of carbonyl (C=O) groups excluding carboxylic acids is 1. The van der Waals surface area contributed by atoms with Gasteiger partial charge in [-0.05, 0) is 32.4 Å². The van der Waals surface area contributed by atoms with Gasteiger partial charge in [0.2, 0.25) is 11.9 Å². The molecular weight excluding hydrogens is 282 g/mol. The zero-order valence-corrected chi connectivity index (χ0v) is 13.2. The fraction of sp³-hybridized carbons (Fsp3) is 0.667. The normalized spacial score (nSPS) is 15.7. The number of aryl methyl sites for hydroxylation is 1. The van der Waals surface area contributed by atoms with E-state index >= 15 is 0 Å². The number of aromatic nitrogens is 3. The molecule has 122 valence electrons. The van der Waals surface area contributed by atoms with Gasteiger partial charge in [-0.2, -0.15) is 10.1 Å². The van der Waals surface area contributed by atoms with Crippen molar-refractivity contribution in [3.8, 4) is 0 Å². The third-order valence-electron chi connectivity index (χ3n) is 3.66. The van der Waals surface area contributed by atoms with E-state index in [1.807, 2.05) is 0 Å². The SMILES string of the molecule is C=CCOCCCC(=O)Nc1nc(C2CCNCC2)nn1C. The van der Waals surface area contributed by atoms with Gasteiger partial charge in [-0.1, -0.05) is 6.08 Å². The Morgan fingerprint density at radius 2 is 2.32 bits per heavy atom. The maximum atomic E-state index is 11.9. The molecule has 1 saturated heterocycles. The van der Waals surface area contributed by atoms with E-state index in [1.165, 1.54) is 0 Å². The van der Waals surface area contributed by atoms with Crippen LogP contribution in [0.3, 0.4) is 0 Å². The molecule has 2 N–H and O–H groups in total. The smallest absolute Gasteiger partial charge is 0.227 e. The van der Waals surface area contributed by atoms with Gasteiger partial charge >= 0.3 is 0 Å². The highest BCUT2D eigenvalue weighted by Gasteiger charge is 2.21. The number of anilines is 1. The van der Waals surface area contributed by atoms with Gasteiger partial charge in [-0.3, -0.25) is 10.1 Å². The average molecular weight is 307 g/mol. The Kier molecular flexibility index (Phi) is 6.54. The van der Waals surface area contributed by atoms with Crippen molar-refractivity contribution in [1.29, 1.82) is 0 Å². The Morgan fingerprint density at radius 1 is 1.55 bits per heavy atom. The van der Waals surface area contributed by atoms with Crippen molar-refractivity contribution >= 4 is 11.9 Å². The van der Waals surface area contributed by atoms with E-state index in [-0.39, 0.29) is 5.91 Å². The van der Waals surface area contributed by atoms with Crippen LogP contribution in [0.4, 0.5) is 5.95 Å². The minimum Gasteiger partial charge on any atom is -0.377 e. The molecular formula is C15H25N5O2. The molecule has 0 saturated carbocycles. The maximum Gasteiger partial charge on any atom is 0.227 e. The van der Waals surface area contributed by atoms with Gasteiger partial charge in [0, 0.05) is 26.0 Å². The Labute approximate surface area is 131 Å². The van der Waals surface area contributed by atoms with E-state index < -0.39 is 0 Å². The number of nitrogens with zero attached hydrogens (tertiary/aromatic N) is 3. The minimum atomic E-state index is -0.0606. The van der Waals surface area contributed by atoms with Crippen LogP contribution in [-0.4, -0.2) is 47.0 Å². The molecule has 1 aliphatic rings. The molecule has 0 aliphatic carbocycles. The molecule has 2 rings (SSSR count). The number of amides is 1. The topological polar surface area (TPSA) is 81.1 Å². The van der Waals surface area contributed by atoms with Gasteiger partial charge in [0.05, 0.1) is 6.61 Å². The highest BCUT2D eigenvalue weighted by molar-refractivity contribution is 5.88. The average Bonchev–Trinajstić information content (AvgIpc) is 2.89. The summed E-state index contributed by atoms with van der Waals surface area (Å²) in [4.78, 5) is 16.4. The van der Waals surface area contributed by atoms with Crippen LogP contribution >= 0.6 is 0 Å². The summed E-state index contributed by atoms with van der Waals surface area (Å²) in [6.45, 7) is 6.64. The third kappa shape index (κ3) is 4.92. The Balaban J connectivity index is 1.80. The second-order valence-electron chi connectivity index (χ2n) is 5.46. The van der Waals surface area contributed by atoms with Gasteiger partial charge < -0.3 is 10.1 Å². The Hall–Kier alpha value is -1.73. The molecule has 1 aromatic heterocycles. The predicted octanol–water partition coefficient (Wildman–Crippen LogP) is 1.20. The highest BCUT2D eigenvalue weighted by atomic mass is 16.5. The first-order valence-electron chi connectivity index (χ1n) is 7.81. The minimum absolute atomic E-state index is 0.0606. The van der Waals surface area contributed by atoms with Gasteiger partial charge in [-0.25, -0.2) is 4.68 Å². The lowest BCUT2D eigenvalue weighted by atomic mass is 9.98. The fourth-order valence-corrected chi connectivity index (χ4v) is 2.45. The standard InChI is InChI=1S/C15H25N5O2/c1-3-10-22-11-4-5-13(21)17-15-18-14(19-20(15)2)12-6-8-16-9-7-12/h3,12,16H,1,4-11H2,2H3,(H,17,18,19,21). The first-order valence-corrected chi connectivity index (χ1v) is 7.81. The molecule has 1 amide bonds. The number of carbonyl (C=O) groups is 1. The summed E-state index contributed by atoms with van der Waals surface area (Å²) in [5.74, 6) is 1.67. The van der Waals surface area contributed by atoms with Crippen molar-refractivity contribution in [3.05, 3.63) is 18.5 Å². The lowest BCUT2D eigenvalue weighted by Crippen LogP contribution is -2.27. The fourth-order valence-electron chi connectivity index (χ4n) is 2.45. The van der Waals surface area contributed by atoms with Crippen LogP contribution in [0.25, 0.3) is 0 Å². The summed E-state index contributed by atoms with van der Waals surface area (Å²) >= 11 is 0. The molecule has 1 aliphatic heterocycles. The molecule has 0 unspecified atom stereocenters. The molecule has 1 fully saturated rings. The summed E-state index contributed by atoms with van der Waals surface area (Å²) < 4.78 is 6.90. The predicted molar refractivity (Wildman–Crippen MR) is 84.7 cm³/mol. The van der Waals surface area contributed by atoms with E-state index in [9.17, 15) is 4.79 Å². The Morgan fingerprint density at radius 3 is 3.05 bits per heavy atom. The zero-order chi connectivity index (χ0) is 15.8. The van der Waals surface area contributed by atoms with E-state index in [4.69, 9.17) is 4.74 Å². The molecule has 0 spiro atoms. The van der Waals surface area contributed by atoms with Crippen LogP contribution in [-0.2, 0) is 16.6 Å². The van der Waals surface area contributed by atoms with Crippen molar-refractivity contribution in [2.75, 3.05) is 31.6 Å². The maximum absolute atomic E-state index is 11.9. The van der Waals surface area contributed by atoms with Crippen LogP contribution in [0, 0.1) is 0 Å². The van der Waals surface area contributed by atoms with Crippen molar-refractivity contribution in [1.82, 2.24) is 20.1 Å². The van der Waals surface area contributed by atoms with Crippen molar-refractivity contribution in [2.45, 2.75) is 31.6 Å². The summed E-state index contributed by atoms with van der Waals surface area (Å²) in [7, 11) is 1.81. The van der Waals surface area contributed by atoms with E-state index in [1.54, 1.807) is 17.8 Å². The quantitative estimate of drug-likeness (QED) is 0.557. The summed E-state index contributed by atoms with van der Waals surface area (Å²) in [6, 6.07) is 0. The third-order valence-corrected chi connectivity index (χ3v) is 3.66. The monoisotopic (exact) mass is 307 g/mol. The van der Waals surface area contributed by atoms with Gasteiger partial charge in [-0.15, -0.1) is 6.58 Å². The highest BCUT2D eigenvalue weighted by Crippen LogP contribution is 2.23. The summed E-state index contributed by atoms with van der Waals surface area (Å²) in [6.07, 6.45) is 4.86. The zero-order valence-electron chi connectivity index (χ0n) is 13.2. The molecule has 7 heteroatoms. The molecule has 2 heterocycles. The number of ether oxygens (including phenoxy) is 1. The number of rotatable bonds is 8. The van der Waals surface area contributed by atoms with E-state index in [2.05, 4.69) is 27.3 Å². The van der Waals surface area contributed by atoms with Crippen molar-refractivity contribution in [2.24, 2.45) is 7.05 Å². The number of nitrogens with one attached hydrogen (secondary N) is 2.